The third kappa shape index (κ3) is 19.5. The summed E-state index contributed by atoms with van der Waals surface area (Å²) in [6.07, 6.45) is 6.75. The van der Waals surface area contributed by atoms with Gasteiger partial charge in [0.25, 0.3) is 0 Å². The highest BCUT2D eigenvalue weighted by molar-refractivity contribution is 7.98. The lowest BCUT2D eigenvalue weighted by atomic mass is 9.98. The number of aliphatic carboxylic acids is 1. The van der Waals surface area contributed by atoms with Crippen LogP contribution in [-0.4, -0.2) is 130 Å². The van der Waals surface area contributed by atoms with Crippen LogP contribution >= 0.6 is 11.8 Å². The number of hydrogen-bond acceptors (Lipinski definition) is 12. The molecule has 61 heavy (non-hydrogen) atoms. The van der Waals surface area contributed by atoms with Gasteiger partial charge in [0.15, 0.2) is 5.96 Å². The van der Waals surface area contributed by atoms with Crippen molar-refractivity contribution in [1.82, 2.24) is 47.2 Å². The zero-order valence-electron chi connectivity index (χ0n) is 35.0. The molecule has 0 saturated heterocycles. The molecule has 7 atom stereocenters. The van der Waals surface area contributed by atoms with Gasteiger partial charge in [-0.2, -0.15) is 11.8 Å². The topological polar surface area (TPSA) is 355 Å². The van der Waals surface area contributed by atoms with Crippen molar-refractivity contribution in [2.24, 2.45) is 23.1 Å². The minimum absolute atomic E-state index is 0.00163. The summed E-state index contributed by atoms with van der Waals surface area (Å²) in [5, 5.41) is 35.5. The molecule has 338 valence electrons. The fraction of sp³-hybridized carbons (Fsp3) is 0.564. The molecule has 16 N–H and O–H groups in total. The Morgan fingerprint density at radius 3 is 2.07 bits per heavy atom. The lowest BCUT2D eigenvalue weighted by Crippen LogP contribution is -2.59. The van der Waals surface area contributed by atoms with Crippen molar-refractivity contribution in [1.29, 1.82) is 5.41 Å². The SMILES string of the molecule is CC[C@H](C)[C@H](NC(=O)C(CSC)NC(=O)[C@@H](N)Cc1cnc[nH]1)C(=O)NCC(=O)N[C@@H](CCCNC(=N)N)C(=O)N[C@@H](Cc1ccccc1)C(=O)N[C@@H](CCCCN)C(=O)O. The van der Waals surface area contributed by atoms with Gasteiger partial charge in [0, 0.05) is 37.0 Å². The average molecular weight is 874 g/mol. The predicted octanol–water partition coefficient (Wildman–Crippen LogP) is -2.05. The number of carboxylic acid groups (broad SMARTS) is 1. The normalized spacial score (nSPS) is 14.4. The lowest BCUT2D eigenvalue weighted by Gasteiger charge is -2.27. The van der Waals surface area contributed by atoms with Gasteiger partial charge in [-0.15, -0.1) is 0 Å². The van der Waals surface area contributed by atoms with Crippen molar-refractivity contribution < 1.29 is 38.7 Å². The molecule has 21 nitrogen and oxygen atoms in total. The number of benzene rings is 1. The first-order valence-corrected chi connectivity index (χ1v) is 21.5. The minimum atomic E-state index is -1.25. The number of aromatic amines is 1. The highest BCUT2D eigenvalue weighted by Crippen LogP contribution is 2.11. The largest absolute Gasteiger partial charge is 0.480 e. The van der Waals surface area contributed by atoms with E-state index in [9.17, 15) is 38.7 Å². The highest BCUT2D eigenvalue weighted by Gasteiger charge is 2.32. The summed E-state index contributed by atoms with van der Waals surface area (Å²) >= 11 is 1.30. The zero-order chi connectivity index (χ0) is 45.3. The van der Waals surface area contributed by atoms with Crippen molar-refractivity contribution >= 4 is 59.1 Å². The molecule has 0 aliphatic heterocycles. The maximum Gasteiger partial charge on any atom is 0.326 e. The number of carboxylic acids is 1. The van der Waals surface area contributed by atoms with Gasteiger partial charge in [-0.3, -0.25) is 34.2 Å². The molecule has 22 heteroatoms. The molecule has 1 heterocycles. The fourth-order valence-electron chi connectivity index (χ4n) is 5.98. The number of carbonyl (C=O) groups is 7. The van der Waals surface area contributed by atoms with E-state index in [1.165, 1.54) is 24.3 Å². The first-order valence-electron chi connectivity index (χ1n) is 20.1. The van der Waals surface area contributed by atoms with Gasteiger partial charge in [-0.1, -0.05) is 50.6 Å². The van der Waals surface area contributed by atoms with Crippen LogP contribution < -0.4 is 54.4 Å². The van der Waals surface area contributed by atoms with E-state index < -0.39 is 90.1 Å². The van der Waals surface area contributed by atoms with Crippen LogP contribution in [0, 0.1) is 11.3 Å². The molecule has 0 spiro atoms. The van der Waals surface area contributed by atoms with Crippen molar-refractivity contribution in [2.45, 2.75) is 101 Å². The van der Waals surface area contributed by atoms with Crippen LogP contribution in [0.5, 0.6) is 0 Å². The molecule has 0 radical (unpaired) electrons. The van der Waals surface area contributed by atoms with E-state index in [1.807, 2.05) is 6.92 Å². The summed E-state index contributed by atoms with van der Waals surface area (Å²) < 4.78 is 0. The van der Waals surface area contributed by atoms with Gasteiger partial charge >= 0.3 is 5.97 Å². The molecular formula is C39H63N13O8S. The average Bonchev–Trinajstić information content (AvgIpc) is 3.75. The lowest BCUT2D eigenvalue weighted by molar-refractivity contribution is -0.142. The number of nitrogens with two attached hydrogens (primary N) is 3. The van der Waals surface area contributed by atoms with Crippen LogP contribution in [0.1, 0.15) is 63.6 Å². The first-order chi connectivity index (χ1) is 29.1. The van der Waals surface area contributed by atoms with Crippen LogP contribution in [0.3, 0.4) is 0 Å². The van der Waals surface area contributed by atoms with E-state index in [4.69, 9.17) is 22.6 Å². The molecule has 2 aromatic rings. The Kier molecular flexibility index (Phi) is 23.5. The molecule has 1 aromatic carbocycles. The number of thioether (sulfide) groups is 1. The number of nitrogens with zero attached hydrogens (tertiary/aromatic N) is 1. The van der Waals surface area contributed by atoms with Crippen molar-refractivity contribution in [3.05, 3.63) is 54.1 Å². The van der Waals surface area contributed by atoms with Crippen LogP contribution in [0.4, 0.5) is 0 Å². The van der Waals surface area contributed by atoms with Gasteiger partial charge in [-0.05, 0) is 56.4 Å². The minimum Gasteiger partial charge on any atom is -0.480 e. The van der Waals surface area contributed by atoms with E-state index in [1.54, 1.807) is 43.5 Å². The Morgan fingerprint density at radius 1 is 0.820 bits per heavy atom. The zero-order valence-corrected chi connectivity index (χ0v) is 35.8. The van der Waals surface area contributed by atoms with Crippen LogP contribution in [0.2, 0.25) is 0 Å². The molecule has 0 fully saturated rings. The third-order valence-corrected chi connectivity index (χ3v) is 10.3. The van der Waals surface area contributed by atoms with Gasteiger partial charge < -0.3 is 64.5 Å². The molecular weight excluding hydrogens is 811 g/mol. The van der Waals surface area contributed by atoms with Crippen molar-refractivity contribution in [2.75, 3.05) is 31.6 Å². The number of imidazole rings is 1. The number of hydrogen-bond donors (Lipinski definition) is 13. The van der Waals surface area contributed by atoms with Crippen molar-refractivity contribution in [3.8, 4) is 0 Å². The van der Waals surface area contributed by atoms with Gasteiger partial charge in [0.05, 0.1) is 18.9 Å². The fourth-order valence-corrected chi connectivity index (χ4v) is 6.55. The number of carbonyl (C=O) groups excluding carboxylic acids is 6. The quantitative estimate of drug-likeness (QED) is 0.0238. The van der Waals surface area contributed by atoms with E-state index in [0.29, 0.717) is 37.1 Å². The Labute approximate surface area is 359 Å². The Balaban J connectivity index is 2.20. The summed E-state index contributed by atoms with van der Waals surface area (Å²) in [5.74, 6) is -5.93. The number of guanidine groups is 1. The van der Waals surface area contributed by atoms with Crippen LogP contribution in [-0.2, 0) is 46.4 Å². The molecule has 0 saturated carbocycles. The number of H-pyrrole nitrogens is 1. The number of rotatable bonds is 29. The second kappa shape index (κ2) is 27.9. The number of unbranched alkanes of at least 4 members (excludes halogenated alkanes) is 1. The van der Waals surface area contributed by atoms with Gasteiger partial charge in [0.2, 0.25) is 35.4 Å². The van der Waals surface area contributed by atoms with Crippen molar-refractivity contribution in [3.63, 3.8) is 0 Å². The van der Waals surface area contributed by atoms with Gasteiger partial charge in [0.1, 0.15) is 30.2 Å². The molecule has 1 aromatic heterocycles. The van der Waals surface area contributed by atoms with Crippen LogP contribution in [0.15, 0.2) is 42.9 Å². The Hall–Kier alpha value is -5.74. The third-order valence-electron chi connectivity index (χ3n) is 9.63. The number of aromatic nitrogens is 2. The highest BCUT2D eigenvalue weighted by atomic mass is 32.2. The molecule has 0 bridgehead atoms. The van der Waals surface area contributed by atoms with E-state index in [2.05, 4.69) is 47.2 Å². The molecule has 0 aliphatic rings. The van der Waals surface area contributed by atoms with E-state index >= 15 is 0 Å². The molecule has 0 aliphatic carbocycles. The van der Waals surface area contributed by atoms with Gasteiger partial charge in [-0.25, -0.2) is 9.78 Å². The maximum absolute atomic E-state index is 13.9. The second-order valence-corrected chi connectivity index (χ2v) is 15.4. The van der Waals surface area contributed by atoms with E-state index in [-0.39, 0.29) is 50.4 Å². The monoisotopic (exact) mass is 873 g/mol. The second-order valence-electron chi connectivity index (χ2n) is 14.5. The summed E-state index contributed by atoms with van der Waals surface area (Å²) in [5.41, 5.74) is 18.3. The summed E-state index contributed by atoms with van der Waals surface area (Å²) in [4.78, 5) is 99.5. The Bertz CT molecular complexity index is 1720. The van der Waals surface area contributed by atoms with Crippen LogP contribution in [0.25, 0.3) is 0 Å². The molecule has 1 unspecified atom stereocenters. The standard InChI is InChI=1S/C39H63N13O8S/c1-4-23(2)32(52-36(57)30(21-61-3)51-33(54)26(41)18-25-19-44-22-47-25)37(58)46-20-31(53)48-27(14-10-16-45-39(42)43)34(55)50-29(17-24-11-6-5-7-12-24)35(56)49-28(38(59)60)13-8-9-15-40/h5-7,11-12,19,22-23,26-30,32H,4,8-10,13-18,20-21,40-41H2,1-3H3,(H,44,47)(H,46,58)(H,48,53)(H,49,56)(H,50,55)(H,51,54)(H,52,57)(H,59,60)(H4,42,43,45)/t23-,26-,27-,28-,29-,30?,32-/m0/s1. The number of nitrogens with one attached hydrogen (secondary N) is 9. The summed E-state index contributed by atoms with van der Waals surface area (Å²) in [6.45, 7) is 3.49. The predicted molar refractivity (Wildman–Crippen MR) is 231 cm³/mol. The Morgan fingerprint density at radius 2 is 1.46 bits per heavy atom. The first kappa shape index (κ1) is 51.4. The van der Waals surface area contributed by atoms with E-state index in [0.717, 1.165) is 0 Å². The summed E-state index contributed by atoms with van der Waals surface area (Å²) in [6, 6.07) is 1.91. The maximum atomic E-state index is 13.9. The smallest absolute Gasteiger partial charge is 0.326 e. The summed E-state index contributed by atoms with van der Waals surface area (Å²) in [7, 11) is 0. The molecule has 6 amide bonds. The molecule has 2 rings (SSSR count). The number of amides is 6.